The Morgan fingerprint density at radius 1 is 0.893 bits per heavy atom. The maximum absolute atomic E-state index is 13.4. The van der Waals surface area contributed by atoms with Crippen molar-refractivity contribution in [3.63, 3.8) is 0 Å². The van der Waals surface area contributed by atoms with Gasteiger partial charge in [-0.05, 0) is 23.8 Å². The Bertz CT molecular complexity index is 971. The monoisotopic (exact) mass is 426 g/mol. The van der Waals surface area contributed by atoms with Crippen LogP contribution in [0.25, 0.3) is 0 Å². The molecule has 0 aromatic heterocycles. The van der Waals surface area contributed by atoms with Gasteiger partial charge in [0.05, 0.1) is 10.0 Å². The molecule has 0 spiro atoms. The van der Waals surface area contributed by atoms with E-state index in [1.54, 1.807) is 12.1 Å². The van der Waals surface area contributed by atoms with Gasteiger partial charge in [-0.15, -0.1) is 0 Å². The number of nitrogens with one attached hydrogen (secondary N) is 2. The Balaban J connectivity index is 1.38. The molecule has 2 N–H and O–H groups in total. The Hall–Kier alpha value is -2.58. The second-order valence-electron chi connectivity index (χ2n) is 6.09. The van der Waals surface area contributed by atoms with Crippen LogP contribution in [-0.2, 0) is 9.47 Å². The molecule has 2 aromatic rings. The first-order valence-corrected chi connectivity index (χ1v) is 9.09. The highest BCUT2D eigenvalue weighted by Gasteiger charge is 2.25. The van der Waals surface area contributed by atoms with E-state index >= 15 is 0 Å². The van der Waals surface area contributed by atoms with Gasteiger partial charge in [0.2, 0.25) is 0 Å². The zero-order valence-corrected chi connectivity index (χ0v) is 15.8. The molecule has 2 aliphatic rings. The third kappa shape index (κ3) is 3.83. The van der Waals surface area contributed by atoms with Gasteiger partial charge in [0.25, 0.3) is 0 Å². The van der Waals surface area contributed by atoms with Crippen molar-refractivity contribution in [3.8, 4) is 0 Å². The molecule has 2 atom stereocenters. The molecule has 6 nitrogen and oxygen atoms in total. The summed E-state index contributed by atoms with van der Waals surface area (Å²) in [5.41, 5.74) is 6.78. The number of hydrogen-bond donors (Lipinski definition) is 2. The lowest BCUT2D eigenvalue weighted by molar-refractivity contribution is 0.289. The molecular formula is C18H14Cl2F2N4O2. The molecule has 28 heavy (non-hydrogen) atoms. The van der Waals surface area contributed by atoms with E-state index in [0.717, 1.165) is 17.7 Å². The summed E-state index contributed by atoms with van der Waals surface area (Å²) in [5.74, 6) is -1.83. The molecule has 0 radical (unpaired) electrons. The normalized spacial score (nSPS) is 20.9. The highest BCUT2D eigenvalue weighted by molar-refractivity contribution is 6.42. The molecule has 0 amide bonds. The summed E-state index contributed by atoms with van der Waals surface area (Å²) >= 11 is 12.2. The number of nitrogens with zero attached hydrogens (tertiary/aromatic N) is 2. The van der Waals surface area contributed by atoms with Crippen molar-refractivity contribution in [2.75, 3.05) is 13.2 Å². The van der Waals surface area contributed by atoms with Crippen LogP contribution in [-0.4, -0.2) is 25.3 Å². The molecule has 0 saturated carbocycles. The minimum atomic E-state index is -0.924. The number of halogens is 4. The Kier molecular flexibility index (Phi) is 5.23. The van der Waals surface area contributed by atoms with Crippen LogP contribution in [0.4, 0.5) is 8.78 Å². The van der Waals surface area contributed by atoms with Crippen LogP contribution in [0.15, 0.2) is 46.4 Å². The smallest absolute Gasteiger partial charge is 0.304 e. The number of hydrazine groups is 1. The van der Waals surface area contributed by atoms with E-state index in [-0.39, 0.29) is 24.7 Å². The quantitative estimate of drug-likeness (QED) is 0.714. The Labute approximate surface area is 169 Å². The molecule has 2 aliphatic heterocycles. The summed E-state index contributed by atoms with van der Waals surface area (Å²) in [6, 6.07) is 8.65. The van der Waals surface area contributed by atoms with Crippen LogP contribution in [0.5, 0.6) is 0 Å². The highest BCUT2D eigenvalue weighted by Crippen LogP contribution is 2.33. The van der Waals surface area contributed by atoms with Crippen molar-refractivity contribution >= 4 is 35.2 Å². The second-order valence-corrected chi connectivity index (χ2v) is 6.87. The molecular weight excluding hydrogens is 413 g/mol. The molecule has 2 aromatic carbocycles. The maximum Gasteiger partial charge on any atom is 0.304 e. The van der Waals surface area contributed by atoms with Gasteiger partial charge >= 0.3 is 12.0 Å². The molecule has 10 heteroatoms. The molecule has 0 fully saturated rings. The van der Waals surface area contributed by atoms with Crippen LogP contribution < -0.4 is 10.9 Å². The zero-order chi connectivity index (χ0) is 19.7. The molecule has 0 aliphatic carbocycles. The Morgan fingerprint density at radius 3 is 2.29 bits per heavy atom. The van der Waals surface area contributed by atoms with E-state index in [1.807, 2.05) is 6.07 Å². The number of aliphatic imine (C=N–C) groups is 2. The van der Waals surface area contributed by atoms with Crippen molar-refractivity contribution in [2.45, 2.75) is 12.1 Å². The van der Waals surface area contributed by atoms with Crippen LogP contribution in [0.3, 0.4) is 0 Å². The molecule has 0 bridgehead atoms. The van der Waals surface area contributed by atoms with E-state index in [4.69, 9.17) is 32.7 Å². The summed E-state index contributed by atoms with van der Waals surface area (Å²) in [6.07, 6.45) is 0. The molecule has 2 unspecified atom stereocenters. The van der Waals surface area contributed by atoms with Gasteiger partial charge in [0, 0.05) is 5.56 Å². The summed E-state index contributed by atoms with van der Waals surface area (Å²) in [5, 5.41) is 0.888. The number of hydrogen-bond acceptors (Lipinski definition) is 6. The molecule has 2 heterocycles. The summed E-state index contributed by atoms with van der Waals surface area (Å²) < 4.78 is 37.3. The minimum absolute atomic E-state index is 0.185. The van der Waals surface area contributed by atoms with E-state index in [9.17, 15) is 8.78 Å². The topological polar surface area (TPSA) is 67.2 Å². The van der Waals surface area contributed by atoms with E-state index < -0.39 is 17.7 Å². The lowest BCUT2D eigenvalue weighted by atomic mass is 10.1. The fraction of sp³-hybridized carbons (Fsp3) is 0.222. The van der Waals surface area contributed by atoms with Gasteiger partial charge in [-0.1, -0.05) is 41.4 Å². The SMILES string of the molecule is Fc1ccc(C2COC(NNC3=NC(c4cccc(Cl)c4Cl)CO3)=N2)cc1F. The van der Waals surface area contributed by atoms with Crippen molar-refractivity contribution in [1.82, 2.24) is 10.9 Å². The van der Waals surface area contributed by atoms with Crippen LogP contribution in [0.2, 0.25) is 10.0 Å². The van der Waals surface area contributed by atoms with Crippen LogP contribution in [0, 0.1) is 11.6 Å². The largest absolute Gasteiger partial charge is 0.461 e. The minimum Gasteiger partial charge on any atom is -0.461 e. The average Bonchev–Trinajstić information content (AvgIpc) is 3.34. The van der Waals surface area contributed by atoms with E-state index in [2.05, 4.69) is 20.8 Å². The molecule has 0 saturated heterocycles. The van der Waals surface area contributed by atoms with Gasteiger partial charge in [-0.3, -0.25) is 0 Å². The number of benzene rings is 2. The first-order valence-electron chi connectivity index (χ1n) is 8.33. The number of ether oxygens (including phenoxy) is 2. The second kappa shape index (κ2) is 7.81. The third-order valence-corrected chi connectivity index (χ3v) is 5.08. The van der Waals surface area contributed by atoms with Crippen molar-refractivity contribution in [3.05, 3.63) is 69.2 Å². The van der Waals surface area contributed by atoms with Crippen LogP contribution >= 0.6 is 23.2 Å². The summed E-state index contributed by atoms with van der Waals surface area (Å²) in [6.45, 7) is 0.498. The highest BCUT2D eigenvalue weighted by atomic mass is 35.5. The van der Waals surface area contributed by atoms with E-state index in [0.29, 0.717) is 22.2 Å². The summed E-state index contributed by atoms with van der Waals surface area (Å²) in [4.78, 5) is 8.67. The fourth-order valence-electron chi connectivity index (χ4n) is 2.82. The lowest BCUT2D eigenvalue weighted by Crippen LogP contribution is -2.41. The average molecular weight is 427 g/mol. The van der Waals surface area contributed by atoms with Gasteiger partial charge in [-0.25, -0.2) is 29.6 Å². The number of rotatable bonds is 2. The van der Waals surface area contributed by atoms with Gasteiger partial charge < -0.3 is 9.47 Å². The third-order valence-electron chi connectivity index (χ3n) is 4.25. The van der Waals surface area contributed by atoms with E-state index in [1.165, 1.54) is 6.07 Å². The predicted octanol–water partition coefficient (Wildman–Crippen LogP) is 3.92. The van der Waals surface area contributed by atoms with Crippen LogP contribution in [0.1, 0.15) is 23.2 Å². The predicted molar refractivity (Wildman–Crippen MR) is 101 cm³/mol. The standard InChI is InChI=1S/C18H14Cl2F2N4O2/c19-11-3-1-2-10(16(11)20)15-8-28-18(24-15)26-25-17-23-14(7-27-17)9-4-5-12(21)13(22)6-9/h1-6,14-15H,7-8H2,(H,23,25)(H,24,26). The number of amidine groups is 2. The van der Waals surface area contributed by atoms with Crippen molar-refractivity contribution < 1.29 is 18.3 Å². The molecule has 4 rings (SSSR count). The Morgan fingerprint density at radius 2 is 1.57 bits per heavy atom. The van der Waals surface area contributed by atoms with Crippen molar-refractivity contribution in [1.29, 1.82) is 0 Å². The van der Waals surface area contributed by atoms with Gasteiger partial charge in [0.15, 0.2) is 11.6 Å². The van der Waals surface area contributed by atoms with Gasteiger partial charge in [0.1, 0.15) is 25.3 Å². The van der Waals surface area contributed by atoms with Crippen molar-refractivity contribution in [2.24, 2.45) is 9.98 Å². The fourth-order valence-corrected chi connectivity index (χ4v) is 3.25. The maximum atomic E-state index is 13.4. The zero-order valence-electron chi connectivity index (χ0n) is 14.3. The first kappa shape index (κ1) is 18.8. The molecule has 146 valence electrons. The first-order chi connectivity index (χ1) is 13.5. The van der Waals surface area contributed by atoms with Gasteiger partial charge in [-0.2, -0.15) is 0 Å². The lowest BCUT2D eigenvalue weighted by Gasteiger charge is -2.08. The summed E-state index contributed by atoms with van der Waals surface area (Å²) in [7, 11) is 0.